The Morgan fingerprint density at radius 1 is 0.808 bits per heavy atom. The second kappa shape index (κ2) is 8.59. The van der Waals surface area contributed by atoms with Crippen molar-refractivity contribution < 1.29 is 0 Å². The molecule has 3 aliphatic carbocycles. The van der Waals surface area contributed by atoms with Gasteiger partial charge in [0.1, 0.15) is 0 Å². The third-order valence-corrected chi connectivity index (χ3v) is 7.61. The number of allylic oxidation sites excluding steroid dienone is 2. The van der Waals surface area contributed by atoms with Crippen molar-refractivity contribution >= 4 is 5.69 Å². The summed E-state index contributed by atoms with van der Waals surface area (Å²) in [7, 11) is 2.25. The van der Waals surface area contributed by atoms with Crippen molar-refractivity contribution in [3.8, 4) is 0 Å². The SMILES string of the molecule is CN(c1cccnc1)C1CCC(=C2CCC(C3CCCCC3)CC2)CC1. The summed E-state index contributed by atoms with van der Waals surface area (Å²) in [5, 5.41) is 0. The Labute approximate surface area is 160 Å². The van der Waals surface area contributed by atoms with Crippen molar-refractivity contribution in [2.45, 2.75) is 89.5 Å². The molecule has 0 unspecified atom stereocenters. The van der Waals surface area contributed by atoms with Crippen molar-refractivity contribution in [1.82, 2.24) is 4.98 Å². The third-order valence-electron chi connectivity index (χ3n) is 7.61. The first-order valence-corrected chi connectivity index (χ1v) is 11.1. The van der Waals surface area contributed by atoms with Gasteiger partial charge in [0.25, 0.3) is 0 Å². The van der Waals surface area contributed by atoms with Crippen molar-refractivity contribution in [2.24, 2.45) is 11.8 Å². The van der Waals surface area contributed by atoms with Crippen LogP contribution < -0.4 is 4.90 Å². The van der Waals surface area contributed by atoms with Crippen LogP contribution in [0, 0.1) is 11.8 Å². The van der Waals surface area contributed by atoms with Gasteiger partial charge in [-0.1, -0.05) is 43.3 Å². The Kier molecular flexibility index (Phi) is 5.97. The fourth-order valence-electron chi connectivity index (χ4n) is 5.88. The zero-order valence-electron chi connectivity index (χ0n) is 16.6. The Morgan fingerprint density at radius 3 is 2.04 bits per heavy atom. The lowest BCUT2D eigenvalue weighted by atomic mass is 9.71. The van der Waals surface area contributed by atoms with E-state index in [0.717, 1.165) is 11.8 Å². The molecule has 0 amide bonds. The summed E-state index contributed by atoms with van der Waals surface area (Å²) in [6.45, 7) is 0. The molecule has 0 N–H and O–H groups in total. The zero-order valence-corrected chi connectivity index (χ0v) is 16.6. The molecule has 0 spiro atoms. The van der Waals surface area contributed by atoms with E-state index in [4.69, 9.17) is 0 Å². The van der Waals surface area contributed by atoms with E-state index in [0.29, 0.717) is 6.04 Å². The van der Waals surface area contributed by atoms with Gasteiger partial charge in [-0.25, -0.2) is 0 Å². The van der Waals surface area contributed by atoms with Crippen molar-refractivity contribution in [3.63, 3.8) is 0 Å². The lowest BCUT2D eigenvalue weighted by molar-refractivity contribution is 0.211. The first kappa shape index (κ1) is 18.1. The average molecular weight is 353 g/mol. The Morgan fingerprint density at radius 2 is 1.42 bits per heavy atom. The molecule has 3 saturated carbocycles. The Hall–Kier alpha value is -1.31. The topological polar surface area (TPSA) is 16.1 Å². The van der Waals surface area contributed by atoms with E-state index in [1.165, 1.54) is 89.2 Å². The molecule has 2 heteroatoms. The predicted molar refractivity (Wildman–Crippen MR) is 110 cm³/mol. The normalized spacial score (nSPS) is 28.2. The van der Waals surface area contributed by atoms with Crippen LogP contribution in [0.4, 0.5) is 5.69 Å². The highest BCUT2D eigenvalue weighted by atomic mass is 15.1. The maximum atomic E-state index is 4.28. The number of hydrogen-bond acceptors (Lipinski definition) is 2. The van der Waals surface area contributed by atoms with Crippen LogP contribution >= 0.6 is 0 Å². The lowest BCUT2D eigenvalue weighted by Gasteiger charge is -2.37. The van der Waals surface area contributed by atoms with Crippen LogP contribution in [-0.2, 0) is 0 Å². The average Bonchev–Trinajstić information content (AvgIpc) is 2.75. The molecule has 26 heavy (non-hydrogen) atoms. The number of aromatic nitrogens is 1. The molecule has 142 valence electrons. The van der Waals surface area contributed by atoms with Crippen LogP contribution in [0.15, 0.2) is 35.7 Å². The highest BCUT2D eigenvalue weighted by Gasteiger charge is 2.28. The summed E-state index contributed by atoms with van der Waals surface area (Å²) in [5.74, 6) is 2.12. The third kappa shape index (κ3) is 4.15. The molecule has 0 saturated heterocycles. The van der Waals surface area contributed by atoms with E-state index < -0.39 is 0 Å². The largest absolute Gasteiger partial charge is 0.370 e. The van der Waals surface area contributed by atoms with Gasteiger partial charge in [0.2, 0.25) is 0 Å². The van der Waals surface area contributed by atoms with Crippen LogP contribution in [0.2, 0.25) is 0 Å². The van der Waals surface area contributed by atoms with E-state index in [1.807, 2.05) is 29.6 Å². The van der Waals surface area contributed by atoms with Crippen molar-refractivity contribution in [1.29, 1.82) is 0 Å². The minimum atomic E-state index is 0.683. The monoisotopic (exact) mass is 352 g/mol. The van der Waals surface area contributed by atoms with Gasteiger partial charge in [0, 0.05) is 19.3 Å². The first-order valence-electron chi connectivity index (χ1n) is 11.1. The minimum absolute atomic E-state index is 0.683. The van der Waals surface area contributed by atoms with E-state index in [-0.39, 0.29) is 0 Å². The molecule has 1 aromatic rings. The van der Waals surface area contributed by atoms with E-state index >= 15 is 0 Å². The van der Waals surface area contributed by atoms with Gasteiger partial charge in [0.05, 0.1) is 11.9 Å². The molecule has 1 heterocycles. The maximum Gasteiger partial charge on any atom is 0.0552 e. The first-order chi connectivity index (χ1) is 12.8. The van der Waals surface area contributed by atoms with Crippen LogP contribution in [0.3, 0.4) is 0 Å². The van der Waals surface area contributed by atoms with E-state index in [2.05, 4.69) is 23.0 Å². The number of nitrogens with zero attached hydrogens (tertiary/aromatic N) is 2. The smallest absolute Gasteiger partial charge is 0.0552 e. The molecule has 0 aromatic carbocycles. The van der Waals surface area contributed by atoms with Gasteiger partial charge in [-0.15, -0.1) is 0 Å². The molecule has 0 atom stereocenters. The second-order valence-corrected chi connectivity index (χ2v) is 9.00. The molecule has 3 fully saturated rings. The molecule has 2 nitrogen and oxygen atoms in total. The van der Waals surface area contributed by atoms with Crippen molar-refractivity contribution in [2.75, 3.05) is 11.9 Å². The molecular weight excluding hydrogens is 316 g/mol. The van der Waals surface area contributed by atoms with Crippen LogP contribution in [0.25, 0.3) is 0 Å². The number of rotatable bonds is 3. The van der Waals surface area contributed by atoms with Crippen LogP contribution in [0.1, 0.15) is 83.5 Å². The minimum Gasteiger partial charge on any atom is -0.370 e. The fourth-order valence-corrected chi connectivity index (χ4v) is 5.88. The van der Waals surface area contributed by atoms with Crippen LogP contribution in [0.5, 0.6) is 0 Å². The molecule has 0 bridgehead atoms. The quantitative estimate of drug-likeness (QED) is 0.575. The van der Waals surface area contributed by atoms with Crippen LogP contribution in [-0.4, -0.2) is 18.1 Å². The summed E-state index contributed by atoms with van der Waals surface area (Å²) in [5.41, 5.74) is 4.96. The Balaban J connectivity index is 1.29. The number of hydrogen-bond donors (Lipinski definition) is 0. The molecular formula is C24H36N2. The summed E-state index contributed by atoms with van der Waals surface area (Å²) >= 11 is 0. The van der Waals surface area contributed by atoms with E-state index in [9.17, 15) is 0 Å². The summed E-state index contributed by atoms with van der Waals surface area (Å²) in [4.78, 5) is 6.74. The zero-order chi connectivity index (χ0) is 17.8. The van der Waals surface area contributed by atoms with Crippen molar-refractivity contribution in [3.05, 3.63) is 35.7 Å². The predicted octanol–water partition coefficient (Wildman–Crippen LogP) is 6.53. The second-order valence-electron chi connectivity index (χ2n) is 9.00. The maximum absolute atomic E-state index is 4.28. The summed E-state index contributed by atoms with van der Waals surface area (Å²) < 4.78 is 0. The molecule has 0 aliphatic heterocycles. The standard InChI is InChI=1S/C24H36N2/c1-26(24-8-5-17-25-18-24)23-15-13-22(14-16-23)21-11-9-20(10-12-21)19-6-3-2-4-7-19/h5,8,17-20,23H,2-4,6-7,9-16H2,1H3. The molecule has 3 aliphatic rings. The van der Waals surface area contributed by atoms with Gasteiger partial charge in [-0.05, 0) is 75.3 Å². The van der Waals surface area contributed by atoms with Gasteiger partial charge < -0.3 is 4.90 Å². The highest BCUT2D eigenvalue weighted by molar-refractivity contribution is 5.44. The highest BCUT2D eigenvalue weighted by Crippen LogP contribution is 2.42. The van der Waals surface area contributed by atoms with E-state index in [1.54, 1.807) is 0 Å². The number of pyridine rings is 1. The summed E-state index contributed by atoms with van der Waals surface area (Å²) in [6.07, 6.45) is 22.5. The van der Waals surface area contributed by atoms with Gasteiger partial charge in [-0.2, -0.15) is 0 Å². The lowest BCUT2D eigenvalue weighted by Crippen LogP contribution is -2.34. The van der Waals surface area contributed by atoms with Gasteiger partial charge in [-0.3, -0.25) is 4.98 Å². The van der Waals surface area contributed by atoms with Gasteiger partial charge in [0.15, 0.2) is 0 Å². The Bertz CT molecular complexity index is 580. The molecule has 1 aromatic heterocycles. The van der Waals surface area contributed by atoms with Gasteiger partial charge >= 0.3 is 0 Å². The number of anilines is 1. The summed E-state index contributed by atoms with van der Waals surface area (Å²) in [6, 6.07) is 4.92. The molecule has 4 rings (SSSR count). The fraction of sp³-hybridized carbons (Fsp3) is 0.708. The molecule has 0 radical (unpaired) electrons.